The molecule has 3 nitrogen and oxygen atoms in total. The fourth-order valence-corrected chi connectivity index (χ4v) is 2.93. The second-order valence-electron chi connectivity index (χ2n) is 5.83. The Morgan fingerprint density at radius 1 is 1.30 bits per heavy atom. The molecule has 1 atom stereocenters. The molecule has 1 aliphatic heterocycles. The number of piperidine rings is 1. The fraction of sp³-hybridized carbons (Fsp3) is 0.588. The van der Waals surface area contributed by atoms with Gasteiger partial charge in [0.15, 0.2) is 5.78 Å². The van der Waals surface area contributed by atoms with Crippen LogP contribution in [0.4, 0.5) is 0 Å². The number of hydrogen-bond acceptors (Lipinski definition) is 3. The third-order valence-electron chi connectivity index (χ3n) is 4.15. The lowest BCUT2D eigenvalue weighted by Gasteiger charge is -2.32. The smallest absolute Gasteiger partial charge is 0.166 e. The molecule has 0 saturated carbocycles. The highest BCUT2D eigenvalue weighted by molar-refractivity contribution is 5.97. The molecule has 110 valence electrons. The van der Waals surface area contributed by atoms with Crippen LogP contribution in [-0.4, -0.2) is 44.0 Å². The van der Waals surface area contributed by atoms with Crippen LogP contribution in [-0.2, 0) is 4.74 Å². The first-order chi connectivity index (χ1) is 9.70. The predicted molar refractivity (Wildman–Crippen MR) is 81.0 cm³/mol. The Balaban J connectivity index is 1.81. The average molecular weight is 275 g/mol. The van der Waals surface area contributed by atoms with Gasteiger partial charge in [0.1, 0.15) is 0 Å². The highest BCUT2D eigenvalue weighted by atomic mass is 16.5. The number of likely N-dealkylation sites (tertiary alicyclic amines) is 1. The molecule has 1 heterocycles. The van der Waals surface area contributed by atoms with Crippen LogP contribution in [0.5, 0.6) is 0 Å². The first-order valence-corrected chi connectivity index (χ1v) is 7.51. The van der Waals surface area contributed by atoms with E-state index in [0.717, 1.165) is 31.8 Å². The molecule has 1 aliphatic rings. The summed E-state index contributed by atoms with van der Waals surface area (Å²) in [6, 6.07) is 9.61. The van der Waals surface area contributed by atoms with Gasteiger partial charge >= 0.3 is 0 Å². The molecule has 0 radical (unpaired) electrons. The van der Waals surface area contributed by atoms with Crippen molar-refractivity contribution in [2.24, 2.45) is 11.8 Å². The van der Waals surface area contributed by atoms with Crippen LogP contribution >= 0.6 is 0 Å². The van der Waals surface area contributed by atoms with E-state index >= 15 is 0 Å². The van der Waals surface area contributed by atoms with Gasteiger partial charge in [-0.15, -0.1) is 0 Å². The van der Waals surface area contributed by atoms with Gasteiger partial charge in [0.25, 0.3) is 0 Å². The summed E-state index contributed by atoms with van der Waals surface area (Å²) >= 11 is 0. The lowest BCUT2D eigenvalue weighted by atomic mass is 9.95. The van der Waals surface area contributed by atoms with Crippen molar-refractivity contribution in [3.8, 4) is 0 Å². The number of rotatable bonds is 6. The summed E-state index contributed by atoms with van der Waals surface area (Å²) in [5, 5.41) is 0. The van der Waals surface area contributed by atoms with Crippen molar-refractivity contribution in [3.05, 3.63) is 35.9 Å². The van der Waals surface area contributed by atoms with E-state index in [1.807, 2.05) is 37.3 Å². The van der Waals surface area contributed by atoms with Gasteiger partial charge in [0, 0.05) is 31.7 Å². The Morgan fingerprint density at radius 2 is 1.95 bits per heavy atom. The molecule has 0 spiro atoms. The zero-order chi connectivity index (χ0) is 14.4. The minimum Gasteiger partial charge on any atom is -0.384 e. The number of carbonyl (C=O) groups excluding carboxylic acids is 1. The number of hydrogen-bond donors (Lipinski definition) is 0. The van der Waals surface area contributed by atoms with Crippen molar-refractivity contribution in [1.82, 2.24) is 4.90 Å². The van der Waals surface area contributed by atoms with Gasteiger partial charge in [-0.1, -0.05) is 37.3 Å². The number of benzene rings is 1. The van der Waals surface area contributed by atoms with Crippen molar-refractivity contribution in [3.63, 3.8) is 0 Å². The molecule has 0 aliphatic carbocycles. The number of ether oxygens (including phenoxy) is 1. The molecule has 0 bridgehead atoms. The van der Waals surface area contributed by atoms with E-state index in [-0.39, 0.29) is 11.7 Å². The predicted octanol–water partition coefficient (Wildman–Crippen LogP) is 2.86. The Labute approximate surface area is 121 Å². The maximum absolute atomic E-state index is 12.3. The number of nitrogens with zero attached hydrogens (tertiary/aromatic N) is 1. The van der Waals surface area contributed by atoms with Gasteiger partial charge in [0.05, 0.1) is 0 Å². The SMILES string of the molecule is COCC1CCN(CC(C)C(=O)c2ccccc2)CC1. The average Bonchev–Trinajstić information content (AvgIpc) is 2.49. The van der Waals surface area contributed by atoms with Crippen molar-refractivity contribution in [2.45, 2.75) is 19.8 Å². The number of ketones is 1. The molecule has 3 heteroatoms. The Morgan fingerprint density at radius 3 is 2.55 bits per heavy atom. The fourth-order valence-electron chi connectivity index (χ4n) is 2.93. The molecule has 1 saturated heterocycles. The van der Waals surface area contributed by atoms with Crippen molar-refractivity contribution < 1.29 is 9.53 Å². The van der Waals surface area contributed by atoms with Gasteiger partial charge in [-0.05, 0) is 31.8 Å². The molecule has 0 aromatic heterocycles. The van der Waals surface area contributed by atoms with Crippen LogP contribution in [0.15, 0.2) is 30.3 Å². The maximum atomic E-state index is 12.3. The van der Waals surface area contributed by atoms with Crippen LogP contribution in [0.3, 0.4) is 0 Å². The summed E-state index contributed by atoms with van der Waals surface area (Å²) in [5.41, 5.74) is 0.828. The summed E-state index contributed by atoms with van der Waals surface area (Å²) in [6.45, 7) is 5.94. The van der Waals surface area contributed by atoms with E-state index < -0.39 is 0 Å². The van der Waals surface area contributed by atoms with E-state index in [4.69, 9.17) is 4.74 Å². The number of carbonyl (C=O) groups is 1. The second kappa shape index (κ2) is 7.55. The summed E-state index contributed by atoms with van der Waals surface area (Å²) in [4.78, 5) is 14.8. The highest BCUT2D eigenvalue weighted by Crippen LogP contribution is 2.19. The Hall–Kier alpha value is -1.19. The monoisotopic (exact) mass is 275 g/mol. The quantitative estimate of drug-likeness (QED) is 0.748. The van der Waals surface area contributed by atoms with Gasteiger partial charge in [-0.25, -0.2) is 0 Å². The van der Waals surface area contributed by atoms with Crippen molar-refractivity contribution in [1.29, 1.82) is 0 Å². The molecule has 20 heavy (non-hydrogen) atoms. The van der Waals surface area contributed by atoms with Crippen LogP contribution in [0, 0.1) is 11.8 Å². The van der Waals surface area contributed by atoms with E-state index in [9.17, 15) is 4.79 Å². The molecule has 0 N–H and O–H groups in total. The molecule has 1 fully saturated rings. The summed E-state index contributed by atoms with van der Waals surface area (Å²) in [7, 11) is 1.77. The zero-order valence-electron chi connectivity index (χ0n) is 12.5. The molecular weight excluding hydrogens is 250 g/mol. The van der Waals surface area contributed by atoms with E-state index in [1.165, 1.54) is 12.8 Å². The van der Waals surface area contributed by atoms with Gasteiger partial charge in [-0.2, -0.15) is 0 Å². The minimum atomic E-state index is 0.0661. The summed E-state index contributed by atoms with van der Waals surface area (Å²) in [5.74, 6) is 1.01. The summed E-state index contributed by atoms with van der Waals surface area (Å²) in [6.07, 6.45) is 2.36. The van der Waals surface area contributed by atoms with Gasteiger partial charge in [-0.3, -0.25) is 4.79 Å². The standard InChI is InChI=1S/C17H25NO2/c1-14(17(19)16-6-4-3-5-7-16)12-18-10-8-15(9-11-18)13-20-2/h3-7,14-15H,8-13H2,1-2H3. The minimum absolute atomic E-state index is 0.0661. The Kier molecular flexibility index (Phi) is 5.74. The number of methoxy groups -OCH3 is 1. The van der Waals surface area contributed by atoms with E-state index in [0.29, 0.717) is 5.92 Å². The van der Waals surface area contributed by atoms with Crippen LogP contribution < -0.4 is 0 Å². The van der Waals surface area contributed by atoms with E-state index in [1.54, 1.807) is 7.11 Å². The zero-order valence-corrected chi connectivity index (χ0v) is 12.5. The Bertz CT molecular complexity index is 410. The molecular formula is C17H25NO2. The van der Waals surface area contributed by atoms with Crippen LogP contribution in [0.25, 0.3) is 0 Å². The largest absolute Gasteiger partial charge is 0.384 e. The summed E-state index contributed by atoms with van der Waals surface area (Å²) < 4.78 is 5.22. The molecule has 2 rings (SSSR count). The highest BCUT2D eigenvalue weighted by Gasteiger charge is 2.23. The van der Waals surface area contributed by atoms with Gasteiger partial charge < -0.3 is 9.64 Å². The topological polar surface area (TPSA) is 29.5 Å². The normalized spacial score (nSPS) is 18.9. The first kappa shape index (κ1) is 15.2. The second-order valence-corrected chi connectivity index (χ2v) is 5.83. The third-order valence-corrected chi connectivity index (χ3v) is 4.15. The molecule has 1 unspecified atom stereocenters. The molecule has 1 aromatic carbocycles. The molecule has 0 amide bonds. The van der Waals surface area contributed by atoms with E-state index in [2.05, 4.69) is 4.90 Å². The lowest BCUT2D eigenvalue weighted by Crippen LogP contribution is -2.39. The van der Waals surface area contributed by atoms with Crippen LogP contribution in [0.1, 0.15) is 30.1 Å². The van der Waals surface area contributed by atoms with Crippen LogP contribution in [0.2, 0.25) is 0 Å². The third kappa shape index (κ3) is 4.15. The van der Waals surface area contributed by atoms with Crippen molar-refractivity contribution in [2.75, 3.05) is 33.4 Å². The number of Topliss-reactive ketones (excluding diaryl/α,β-unsaturated/α-hetero) is 1. The van der Waals surface area contributed by atoms with Gasteiger partial charge in [0.2, 0.25) is 0 Å². The molecule has 1 aromatic rings. The lowest BCUT2D eigenvalue weighted by molar-refractivity contribution is 0.0793. The van der Waals surface area contributed by atoms with Crippen molar-refractivity contribution >= 4 is 5.78 Å². The maximum Gasteiger partial charge on any atom is 0.166 e. The first-order valence-electron chi connectivity index (χ1n) is 7.51.